The highest BCUT2D eigenvalue weighted by Gasteiger charge is 2.27. The number of amides is 1. The van der Waals surface area contributed by atoms with Crippen LogP contribution in [0.5, 0.6) is 0 Å². The Morgan fingerprint density at radius 2 is 2.05 bits per heavy atom. The van der Waals surface area contributed by atoms with Crippen LogP contribution in [0.1, 0.15) is 44.0 Å². The third kappa shape index (κ3) is 3.41. The van der Waals surface area contributed by atoms with Crippen molar-refractivity contribution in [3.63, 3.8) is 0 Å². The van der Waals surface area contributed by atoms with Crippen molar-refractivity contribution in [3.8, 4) is 0 Å². The van der Waals surface area contributed by atoms with Gasteiger partial charge in [-0.05, 0) is 19.8 Å². The van der Waals surface area contributed by atoms with Crippen LogP contribution < -0.4 is 21.9 Å². The fourth-order valence-electron chi connectivity index (χ4n) is 2.89. The molecule has 0 aromatic carbocycles. The van der Waals surface area contributed by atoms with Crippen LogP contribution in [0.2, 0.25) is 0 Å². The van der Waals surface area contributed by atoms with Gasteiger partial charge < -0.3 is 16.1 Å². The first-order chi connectivity index (χ1) is 10.1. The monoisotopic (exact) mass is 292 g/mol. The second-order valence-corrected chi connectivity index (χ2v) is 5.47. The SMILES string of the molecule is CCc1nc(NN)c(C)c(N(CC(N)=O)C2CCCC2)n1. The normalized spacial score (nSPS) is 15.2. The van der Waals surface area contributed by atoms with Crippen molar-refractivity contribution < 1.29 is 4.79 Å². The van der Waals surface area contributed by atoms with E-state index in [-0.39, 0.29) is 12.5 Å². The summed E-state index contributed by atoms with van der Waals surface area (Å²) in [6, 6.07) is 0.307. The standard InChI is InChI=1S/C14H24N6O/c1-3-12-17-13(19-16)9(2)14(18-12)20(8-11(15)21)10-6-4-5-7-10/h10H,3-8,16H2,1-2H3,(H2,15,21)(H,17,18,19). The first kappa shape index (κ1) is 15.5. The Morgan fingerprint density at radius 1 is 1.38 bits per heavy atom. The van der Waals surface area contributed by atoms with Gasteiger partial charge in [0.25, 0.3) is 0 Å². The number of nitrogens with one attached hydrogen (secondary N) is 1. The Bertz CT molecular complexity index is 512. The van der Waals surface area contributed by atoms with E-state index in [4.69, 9.17) is 11.6 Å². The molecule has 0 bridgehead atoms. The fraction of sp³-hybridized carbons (Fsp3) is 0.643. The predicted molar refractivity (Wildman–Crippen MR) is 82.8 cm³/mol. The molecule has 1 aliphatic carbocycles. The first-order valence-electron chi connectivity index (χ1n) is 7.45. The van der Waals surface area contributed by atoms with Crippen LogP contribution >= 0.6 is 0 Å². The van der Waals surface area contributed by atoms with E-state index in [1.54, 1.807) is 0 Å². The number of hydrogen-bond donors (Lipinski definition) is 3. The summed E-state index contributed by atoms with van der Waals surface area (Å²) in [7, 11) is 0. The van der Waals surface area contributed by atoms with Crippen molar-refractivity contribution >= 4 is 17.5 Å². The first-order valence-corrected chi connectivity index (χ1v) is 7.45. The second-order valence-electron chi connectivity index (χ2n) is 5.47. The molecule has 0 spiro atoms. The lowest BCUT2D eigenvalue weighted by Gasteiger charge is -2.30. The molecule has 0 atom stereocenters. The largest absolute Gasteiger partial charge is 0.368 e. The van der Waals surface area contributed by atoms with Gasteiger partial charge in [0.2, 0.25) is 5.91 Å². The van der Waals surface area contributed by atoms with Crippen LogP contribution in [0.3, 0.4) is 0 Å². The van der Waals surface area contributed by atoms with Crippen molar-refractivity contribution in [2.24, 2.45) is 11.6 Å². The summed E-state index contributed by atoms with van der Waals surface area (Å²) in [4.78, 5) is 22.5. The minimum absolute atomic E-state index is 0.176. The zero-order chi connectivity index (χ0) is 15.4. The number of nitrogens with two attached hydrogens (primary N) is 2. The molecule has 116 valence electrons. The number of hydrogen-bond acceptors (Lipinski definition) is 6. The van der Waals surface area contributed by atoms with Gasteiger partial charge in [0, 0.05) is 18.0 Å². The molecule has 0 saturated heterocycles. The van der Waals surface area contributed by atoms with Crippen molar-refractivity contribution in [1.82, 2.24) is 9.97 Å². The van der Waals surface area contributed by atoms with Crippen molar-refractivity contribution in [3.05, 3.63) is 11.4 Å². The van der Waals surface area contributed by atoms with E-state index in [0.29, 0.717) is 24.1 Å². The summed E-state index contributed by atoms with van der Waals surface area (Å²) < 4.78 is 0. The van der Waals surface area contributed by atoms with Gasteiger partial charge in [0.1, 0.15) is 17.5 Å². The molecule has 0 radical (unpaired) electrons. The maximum absolute atomic E-state index is 11.5. The molecule has 5 N–H and O–H groups in total. The van der Waals surface area contributed by atoms with Crippen molar-refractivity contribution in [2.75, 3.05) is 16.9 Å². The molecular formula is C14H24N6O. The molecule has 0 unspecified atom stereocenters. The van der Waals surface area contributed by atoms with E-state index < -0.39 is 0 Å². The van der Waals surface area contributed by atoms with Gasteiger partial charge in [0.05, 0.1) is 6.54 Å². The molecule has 21 heavy (non-hydrogen) atoms. The molecule has 1 saturated carbocycles. The number of rotatable bonds is 6. The quantitative estimate of drug-likeness (QED) is 0.530. The lowest BCUT2D eigenvalue weighted by Crippen LogP contribution is -2.41. The van der Waals surface area contributed by atoms with Crippen LogP contribution in [0.15, 0.2) is 0 Å². The van der Waals surface area contributed by atoms with Crippen molar-refractivity contribution in [2.45, 2.75) is 52.0 Å². The summed E-state index contributed by atoms with van der Waals surface area (Å²) >= 11 is 0. The van der Waals surface area contributed by atoms with E-state index in [0.717, 1.165) is 24.2 Å². The minimum Gasteiger partial charge on any atom is -0.368 e. The molecule has 1 aromatic heterocycles. The molecule has 1 aliphatic rings. The average Bonchev–Trinajstić information content (AvgIpc) is 2.99. The van der Waals surface area contributed by atoms with E-state index in [1.165, 1.54) is 12.8 Å². The molecule has 7 heteroatoms. The molecule has 2 rings (SSSR count). The smallest absolute Gasteiger partial charge is 0.237 e. The van der Waals surface area contributed by atoms with E-state index in [1.807, 2.05) is 18.7 Å². The zero-order valence-electron chi connectivity index (χ0n) is 12.7. The number of nitrogens with zero attached hydrogens (tertiary/aromatic N) is 3. The van der Waals surface area contributed by atoms with Gasteiger partial charge >= 0.3 is 0 Å². The number of hydrazine groups is 1. The molecule has 0 aliphatic heterocycles. The summed E-state index contributed by atoms with van der Waals surface area (Å²) in [5, 5.41) is 0. The fourth-order valence-corrected chi connectivity index (χ4v) is 2.89. The Kier molecular flexibility index (Phi) is 4.95. The summed E-state index contributed by atoms with van der Waals surface area (Å²) in [6.07, 6.45) is 5.17. The molecular weight excluding hydrogens is 268 g/mol. The van der Waals surface area contributed by atoms with Gasteiger partial charge in [-0.1, -0.05) is 19.8 Å². The van der Waals surface area contributed by atoms with Gasteiger partial charge in [-0.15, -0.1) is 0 Å². The molecule has 1 fully saturated rings. The minimum atomic E-state index is -0.347. The highest BCUT2D eigenvalue weighted by atomic mass is 16.1. The topological polar surface area (TPSA) is 110 Å². The third-order valence-electron chi connectivity index (χ3n) is 3.98. The highest BCUT2D eigenvalue weighted by molar-refractivity contribution is 5.80. The predicted octanol–water partition coefficient (Wildman–Crippen LogP) is 0.867. The van der Waals surface area contributed by atoms with Crippen molar-refractivity contribution in [1.29, 1.82) is 0 Å². The Morgan fingerprint density at radius 3 is 2.57 bits per heavy atom. The second kappa shape index (κ2) is 6.71. The van der Waals surface area contributed by atoms with E-state index >= 15 is 0 Å². The van der Waals surface area contributed by atoms with E-state index in [9.17, 15) is 4.79 Å². The molecule has 1 aromatic rings. The number of anilines is 2. The third-order valence-corrected chi connectivity index (χ3v) is 3.98. The number of carbonyl (C=O) groups is 1. The molecule has 7 nitrogen and oxygen atoms in total. The van der Waals surface area contributed by atoms with Crippen LogP contribution in [-0.2, 0) is 11.2 Å². The maximum Gasteiger partial charge on any atom is 0.237 e. The number of nitrogen functional groups attached to an aromatic ring is 1. The summed E-state index contributed by atoms with van der Waals surface area (Å²) in [5.41, 5.74) is 8.89. The van der Waals surface area contributed by atoms with Gasteiger partial charge in [-0.3, -0.25) is 4.79 Å². The van der Waals surface area contributed by atoms with Crippen LogP contribution in [0, 0.1) is 6.92 Å². The molecule has 1 heterocycles. The number of aromatic nitrogens is 2. The van der Waals surface area contributed by atoms with Gasteiger partial charge in [-0.25, -0.2) is 15.8 Å². The van der Waals surface area contributed by atoms with Gasteiger partial charge in [0.15, 0.2) is 0 Å². The summed E-state index contributed by atoms with van der Waals surface area (Å²) in [5.74, 6) is 7.27. The lowest BCUT2D eigenvalue weighted by molar-refractivity contribution is -0.116. The Hall–Kier alpha value is -1.89. The van der Waals surface area contributed by atoms with Crippen LogP contribution in [0.25, 0.3) is 0 Å². The Balaban J connectivity index is 2.44. The Labute approximate surface area is 125 Å². The maximum atomic E-state index is 11.5. The number of aryl methyl sites for hydroxylation is 1. The summed E-state index contributed by atoms with van der Waals surface area (Å²) in [6.45, 7) is 4.07. The number of primary amides is 1. The number of carbonyl (C=O) groups excluding carboxylic acids is 1. The van der Waals surface area contributed by atoms with E-state index in [2.05, 4.69) is 15.4 Å². The average molecular weight is 292 g/mol. The highest BCUT2D eigenvalue weighted by Crippen LogP contribution is 2.31. The van der Waals surface area contributed by atoms with Gasteiger partial charge in [-0.2, -0.15) is 0 Å². The van der Waals surface area contributed by atoms with Crippen LogP contribution in [0.4, 0.5) is 11.6 Å². The lowest BCUT2D eigenvalue weighted by atomic mass is 10.1. The molecule has 1 amide bonds. The van der Waals surface area contributed by atoms with Crippen LogP contribution in [-0.4, -0.2) is 28.5 Å². The zero-order valence-corrected chi connectivity index (χ0v) is 12.7.